The highest BCUT2D eigenvalue weighted by Crippen LogP contribution is 2.24. The summed E-state index contributed by atoms with van der Waals surface area (Å²) < 4.78 is 12.7. The van der Waals surface area contributed by atoms with Crippen molar-refractivity contribution in [2.75, 3.05) is 26.9 Å². The SMILES string of the molecule is COCCn1ncc(Br)c1C(=O)C1CCOC1. The van der Waals surface area contributed by atoms with Crippen molar-refractivity contribution < 1.29 is 14.3 Å². The highest BCUT2D eigenvalue weighted by atomic mass is 79.9. The van der Waals surface area contributed by atoms with Crippen molar-refractivity contribution in [3.8, 4) is 0 Å². The molecule has 2 heterocycles. The van der Waals surface area contributed by atoms with Crippen LogP contribution >= 0.6 is 15.9 Å². The smallest absolute Gasteiger partial charge is 0.187 e. The Morgan fingerprint density at radius 1 is 1.76 bits per heavy atom. The molecule has 1 atom stereocenters. The van der Waals surface area contributed by atoms with Crippen molar-refractivity contribution in [2.24, 2.45) is 5.92 Å². The Kier molecular flexibility index (Phi) is 4.31. The molecule has 1 aliphatic heterocycles. The fourth-order valence-electron chi connectivity index (χ4n) is 1.89. The molecule has 0 bridgehead atoms. The van der Waals surface area contributed by atoms with Crippen LogP contribution in [-0.2, 0) is 16.0 Å². The van der Waals surface area contributed by atoms with E-state index < -0.39 is 0 Å². The molecule has 0 N–H and O–H groups in total. The van der Waals surface area contributed by atoms with Gasteiger partial charge in [0, 0.05) is 19.6 Å². The van der Waals surface area contributed by atoms with E-state index in [-0.39, 0.29) is 11.7 Å². The van der Waals surface area contributed by atoms with Gasteiger partial charge >= 0.3 is 0 Å². The van der Waals surface area contributed by atoms with E-state index in [1.54, 1.807) is 18.0 Å². The summed E-state index contributed by atoms with van der Waals surface area (Å²) in [6, 6.07) is 0. The highest BCUT2D eigenvalue weighted by Gasteiger charge is 2.28. The Hall–Kier alpha value is -0.720. The molecule has 5 nitrogen and oxygen atoms in total. The molecular weight excluding hydrogens is 288 g/mol. The molecule has 1 aromatic heterocycles. The largest absolute Gasteiger partial charge is 0.383 e. The van der Waals surface area contributed by atoms with Crippen LogP contribution in [-0.4, -0.2) is 42.5 Å². The summed E-state index contributed by atoms with van der Waals surface area (Å²) >= 11 is 3.37. The van der Waals surface area contributed by atoms with Crippen LogP contribution in [0, 0.1) is 5.92 Å². The van der Waals surface area contributed by atoms with E-state index in [4.69, 9.17) is 9.47 Å². The molecule has 1 saturated heterocycles. The topological polar surface area (TPSA) is 53.4 Å². The normalized spacial score (nSPS) is 19.8. The first-order valence-electron chi connectivity index (χ1n) is 5.56. The van der Waals surface area contributed by atoms with E-state index in [0.29, 0.717) is 32.1 Å². The lowest BCUT2D eigenvalue weighted by Crippen LogP contribution is -2.21. The molecule has 2 rings (SSSR count). The van der Waals surface area contributed by atoms with Gasteiger partial charge in [-0.2, -0.15) is 5.10 Å². The number of nitrogens with zero attached hydrogens (tertiary/aromatic N) is 2. The minimum absolute atomic E-state index is 0.0377. The lowest BCUT2D eigenvalue weighted by atomic mass is 10.0. The first kappa shape index (κ1) is 12.7. The molecule has 94 valence electrons. The number of ketones is 1. The van der Waals surface area contributed by atoms with Crippen molar-refractivity contribution in [3.63, 3.8) is 0 Å². The molecule has 0 radical (unpaired) electrons. The van der Waals surface area contributed by atoms with E-state index in [1.807, 2.05) is 0 Å². The molecule has 0 amide bonds. The van der Waals surface area contributed by atoms with E-state index >= 15 is 0 Å². The third kappa shape index (κ3) is 2.75. The molecule has 0 saturated carbocycles. The number of Topliss-reactive ketones (excluding diaryl/α,β-unsaturated/α-hetero) is 1. The van der Waals surface area contributed by atoms with Crippen LogP contribution in [0.4, 0.5) is 0 Å². The monoisotopic (exact) mass is 302 g/mol. The molecule has 17 heavy (non-hydrogen) atoms. The Labute approximate surface area is 108 Å². The zero-order valence-electron chi connectivity index (χ0n) is 9.69. The van der Waals surface area contributed by atoms with Gasteiger partial charge in [0.2, 0.25) is 0 Å². The number of rotatable bonds is 5. The van der Waals surface area contributed by atoms with E-state index in [0.717, 1.165) is 10.9 Å². The van der Waals surface area contributed by atoms with Crippen LogP contribution in [0.3, 0.4) is 0 Å². The van der Waals surface area contributed by atoms with Crippen LogP contribution in [0.25, 0.3) is 0 Å². The Bertz CT molecular complexity index is 399. The Balaban J connectivity index is 2.17. The molecule has 1 aliphatic rings. The van der Waals surface area contributed by atoms with Crippen molar-refractivity contribution >= 4 is 21.7 Å². The second-order valence-corrected chi connectivity index (χ2v) is 4.84. The minimum atomic E-state index is -0.0377. The number of hydrogen-bond acceptors (Lipinski definition) is 4. The molecule has 0 aromatic carbocycles. The third-order valence-corrected chi connectivity index (χ3v) is 3.42. The van der Waals surface area contributed by atoms with Crippen molar-refractivity contribution in [3.05, 3.63) is 16.4 Å². The summed E-state index contributed by atoms with van der Waals surface area (Å²) in [5, 5.41) is 4.17. The number of methoxy groups -OCH3 is 1. The molecule has 0 spiro atoms. The number of hydrogen-bond donors (Lipinski definition) is 0. The fourth-order valence-corrected chi connectivity index (χ4v) is 2.38. The average Bonchev–Trinajstić information content (AvgIpc) is 2.95. The number of carbonyl (C=O) groups is 1. The lowest BCUT2D eigenvalue weighted by molar-refractivity contribution is 0.0885. The van der Waals surface area contributed by atoms with Crippen molar-refractivity contribution in [2.45, 2.75) is 13.0 Å². The lowest BCUT2D eigenvalue weighted by Gasteiger charge is -2.10. The Morgan fingerprint density at radius 2 is 2.59 bits per heavy atom. The summed E-state index contributed by atoms with van der Waals surface area (Å²) in [5.41, 5.74) is 0.623. The second-order valence-electron chi connectivity index (χ2n) is 3.98. The molecular formula is C11H15BrN2O3. The van der Waals surface area contributed by atoms with E-state index in [1.165, 1.54) is 0 Å². The molecule has 1 fully saturated rings. The number of aromatic nitrogens is 2. The maximum absolute atomic E-state index is 12.3. The highest BCUT2D eigenvalue weighted by molar-refractivity contribution is 9.10. The van der Waals surface area contributed by atoms with Gasteiger partial charge in [-0.25, -0.2) is 0 Å². The second kappa shape index (κ2) is 5.75. The maximum Gasteiger partial charge on any atom is 0.187 e. The predicted octanol–water partition coefficient (Wildman–Crippen LogP) is 1.51. The molecule has 1 unspecified atom stereocenters. The van der Waals surface area contributed by atoms with Crippen LogP contribution < -0.4 is 0 Å². The van der Waals surface area contributed by atoms with Gasteiger partial charge in [-0.3, -0.25) is 9.48 Å². The summed E-state index contributed by atoms with van der Waals surface area (Å²) in [5.74, 6) is 0.0623. The minimum Gasteiger partial charge on any atom is -0.383 e. The average molecular weight is 303 g/mol. The van der Waals surface area contributed by atoms with Crippen molar-refractivity contribution in [1.82, 2.24) is 9.78 Å². The van der Waals surface area contributed by atoms with Gasteiger partial charge in [0.25, 0.3) is 0 Å². The van der Waals surface area contributed by atoms with Gasteiger partial charge in [-0.15, -0.1) is 0 Å². The first-order chi connectivity index (χ1) is 8.24. The van der Waals surface area contributed by atoms with Gasteiger partial charge < -0.3 is 9.47 Å². The molecule has 0 aliphatic carbocycles. The van der Waals surface area contributed by atoms with Gasteiger partial charge in [0.15, 0.2) is 5.78 Å². The number of ether oxygens (including phenoxy) is 2. The summed E-state index contributed by atoms with van der Waals surface area (Å²) in [7, 11) is 1.63. The summed E-state index contributed by atoms with van der Waals surface area (Å²) in [6.07, 6.45) is 2.44. The van der Waals surface area contributed by atoms with E-state index in [2.05, 4.69) is 21.0 Å². The quantitative estimate of drug-likeness (QED) is 0.774. The zero-order valence-corrected chi connectivity index (χ0v) is 11.3. The van der Waals surface area contributed by atoms with Crippen LogP contribution in [0.1, 0.15) is 16.9 Å². The van der Waals surface area contributed by atoms with Gasteiger partial charge in [0.05, 0.1) is 30.4 Å². The third-order valence-electron chi connectivity index (χ3n) is 2.84. The van der Waals surface area contributed by atoms with Crippen LogP contribution in [0.15, 0.2) is 10.7 Å². The van der Waals surface area contributed by atoms with Gasteiger partial charge in [-0.1, -0.05) is 0 Å². The summed E-state index contributed by atoms with van der Waals surface area (Å²) in [4.78, 5) is 12.3. The van der Waals surface area contributed by atoms with Crippen LogP contribution in [0.5, 0.6) is 0 Å². The van der Waals surface area contributed by atoms with Crippen LogP contribution in [0.2, 0.25) is 0 Å². The van der Waals surface area contributed by atoms with E-state index in [9.17, 15) is 4.79 Å². The number of halogens is 1. The van der Waals surface area contributed by atoms with Gasteiger partial charge in [0.1, 0.15) is 5.69 Å². The number of carbonyl (C=O) groups excluding carboxylic acids is 1. The Morgan fingerprint density at radius 3 is 3.24 bits per heavy atom. The first-order valence-corrected chi connectivity index (χ1v) is 6.35. The fraction of sp³-hybridized carbons (Fsp3) is 0.636. The van der Waals surface area contributed by atoms with Gasteiger partial charge in [-0.05, 0) is 22.4 Å². The zero-order chi connectivity index (χ0) is 12.3. The predicted molar refractivity (Wildman–Crippen MR) is 65.1 cm³/mol. The maximum atomic E-state index is 12.3. The standard InChI is InChI=1S/C11H15BrN2O3/c1-16-5-3-14-10(9(12)6-13-14)11(15)8-2-4-17-7-8/h6,8H,2-5,7H2,1H3. The molecule has 1 aromatic rings. The van der Waals surface area contributed by atoms with Crippen molar-refractivity contribution in [1.29, 1.82) is 0 Å². The summed E-state index contributed by atoms with van der Waals surface area (Å²) in [6.45, 7) is 2.30. The molecule has 6 heteroatoms.